The van der Waals surface area contributed by atoms with Crippen molar-refractivity contribution in [2.45, 2.75) is 78.7 Å². The van der Waals surface area contributed by atoms with Crippen LogP contribution in [-0.2, 0) is 22.4 Å². The van der Waals surface area contributed by atoms with E-state index in [-0.39, 0.29) is 23.7 Å². The van der Waals surface area contributed by atoms with Crippen molar-refractivity contribution >= 4 is 58.1 Å². The maximum atomic E-state index is 13.2. The molecule has 3 aromatic rings. The number of halogens is 2. The van der Waals surface area contributed by atoms with Gasteiger partial charge in [-0.3, -0.25) is 4.90 Å². The van der Waals surface area contributed by atoms with Gasteiger partial charge in [0.05, 0.1) is 6.54 Å². The molecule has 1 N–H and O–H groups in total. The van der Waals surface area contributed by atoms with Gasteiger partial charge in [0.2, 0.25) is 5.28 Å². The number of fused-ring (bicyclic) bond motifs is 1. The Morgan fingerprint density at radius 1 is 1.17 bits per heavy atom. The first-order valence-electron chi connectivity index (χ1n) is 11.4. The summed E-state index contributed by atoms with van der Waals surface area (Å²) in [5, 5.41) is 9.19. The van der Waals surface area contributed by atoms with Gasteiger partial charge in [0.25, 0.3) is 0 Å². The van der Waals surface area contributed by atoms with E-state index in [0.717, 1.165) is 4.88 Å². The Morgan fingerprint density at radius 3 is 2.42 bits per heavy atom. The van der Waals surface area contributed by atoms with E-state index in [9.17, 15) is 9.59 Å². The van der Waals surface area contributed by atoms with E-state index in [1.54, 1.807) is 47.6 Å². The van der Waals surface area contributed by atoms with Gasteiger partial charge in [0.1, 0.15) is 21.9 Å². The van der Waals surface area contributed by atoms with Crippen molar-refractivity contribution in [2.24, 2.45) is 0 Å². The van der Waals surface area contributed by atoms with Crippen LogP contribution in [-0.4, -0.2) is 44.0 Å². The average molecular weight is 557 g/mol. The molecule has 0 fully saturated rings. The molecule has 0 aliphatic carbocycles. The lowest BCUT2D eigenvalue weighted by atomic mass is 10.1. The van der Waals surface area contributed by atoms with Crippen molar-refractivity contribution in [1.82, 2.24) is 19.9 Å². The summed E-state index contributed by atoms with van der Waals surface area (Å²) in [5.74, 6) is 0.263. The third kappa shape index (κ3) is 7.47. The highest BCUT2D eigenvalue weighted by atomic mass is 35.5. The van der Waals surface area contributed by atoms with Gasteiger partial charge in [-0.25, -0.2) is 14.1 Å². The van der Waals surface area contributed by atoms with Crippen molar-refractivity contribution in [3.63, 3.8) is 0 Å². The number of hydrogen-bond acceptors (Lipinski definition) is 7. The molecule has 2 amide bonds. The molecule has 36 heavy (non-hydrogen) atoms. The second-order valence-electron chi connectivity index (χ2n) is 10.4. The number of carbonyl (C=O) groups is 2. The molecule has 0 unspecified atom stereocenters. The largest absolute Gasteiger partial charge is 0.444 e. The summed E-state index contributed by atoms with van der Waals surface area (Å²) in [7, 11) is 0. The lowest BCUT2D eigenvalue weighted by Gasteiger charge is -2.26. The fourth-order valence-electron chi connectivity index (χ4n) is 3.37. The molecule has 3 aromatic heterocycles. The van der Waals surface area contributed by atoms with Gasteiger partial charge in [-0.1, -0.05) is 17.7 Å². The molecular weight excluding hydrogens is 525 g/mol. The molecule has 0 spiro atoms. The van der Waals surface area contributed by atoms with Crippen molar-refractivity contribution in [1.29, 1.82) is 0 Å². The van der Waals surface area contributed by atoms with Crippen LogP contribution in [0.25, 0.3) is 5.52 Å². The zero-order valence-corrected chi connectivity index (χ0v) is 23.7. The summed E-state index contributed by atoms with van der Waals surface area (Å²) in [6.45, 7) is 12.8. The Morgan fingerprint density at radius 2 is 1.83 bits per heavy atom. The SMILES string of the molecule is C[C@@H](Cc1cc2c(N(Cc3cccs3)C(=O)OC(C)(C)C)nc(Cl)nn2c1Cl)NC(=O)OC(C)(C)C. The smallest absolute Gasteiger partial charge is 0.416 e. The second-order valence-corrected chi connectivity index (χ2v) is 12.1. The fourth-order valence-corrected chi connectivity index (χ4v) is 4.48. The first-order chi connectivity index (χ1) is 16.6. The van der Waals surface area contributed by atoms with Crippen LogP contribution in [0.5, 0.6) is 0 Å². The monoisotopic (exact) mass is 555 g/mol. The molecule has 196 valence electrons. The minimum Gasteiger partial charge on any atom is -0.444 e. The molecule has 0 saturated heterocycles. The summed E-state index contributed by atoms with van der Waals surface area (Å²) in [5.41, 5.74) is -0.156. The van der Waals surface area contributed by atoms with Crippen LogP contribution < -0.4 is 10.2 Å². The lowest BCUT2D eigenvalue weighted by molar-refractivity contribution is 0.0506. The molecule has 0 aliphatic heterocycles. The third-order valence-electron chi connectivity index (χ3n) is 4.65. The predicted octanol–water partition coefficient (Wildman–Crippen LogP) is 6.50. The molecule has 12 heteroatoms. The summed E-state index contributed by atoms with van der Waals surface area (Å²) >= 11 is 14.4. The number of hydrogen-bond donors (Lipinski definition) is 1. The summed E-state index contributed by atoms with van der Waals surface area (Å²) in [4.78, 5) is 32.1. The van der Waals surface area contributed by atoms with E-state index in [2.05, 4.69) is 15.4 Å². The number of alkyl carbamates (subject to hydrolysis) is 1. The van der Waals surface area contributed by atoms with Gasteiger partial charge < -0.3 is 14.8 Å². The average Bonchev–Trinajstić information content (AvgIpc) is 3.32. The summed E-state index contributed by atoms with van der Waals surface area (Å²) < 4.78 is 12.4. The second kappa shape index (κ2) is 10.8. The third-order valence-corrected chi connectivity index (χ3v) is 6.08. The van der Waals surface area contributed by atoms with Crippen LogP contribution in [0.3, 0.4) is 0 Å². The number of anilines is 1. The van der Waals surface area contributed by atoms with E-state index in [1.165, 1.54) is 20.8 Å². The van der Waals surface area contributed by atoms with E-state index < -0.39 is 23.4 Å². The van der Waals surface area contributed by atoms with Crippen LogP contribution in [0.15, 0.2) is 23.6 Å². The lowest BCUT2D eigenvalue weighted by Crippen LogP contribution is -2.38. The quantitative estimate of drug-likeness (QED) is 0.373. The number of aromatic nitrogens is 3. The number of rotatable bonds is 6. The van der Waals surface area contributed by atoms with Crippen LogP contribution in [0.4, 0.5) is 15.4 Å². The number of amides is 2. The van der Waals surface area contributed by atoms with Crippen LogP contribution in [0.2, 0.25) is 10.4 Å². The van der Waals surface area contributed by atoms with Crippen molar-refractivity contribution in [3.05, 3.63) is 44.5 Å². The molecule has 0 aliphatic rings. The maximum absolute atomic E-state index is 13.2. The van der Waals surface area contributed by atoms with E-state index in [4.69, 9.17) is 32.7 Å². The van der Waals surface area contributed by atoms with Gasteiger partial charge >= 0.3 is 12.2 Å². The molecule has 0 bridgehead atoms. The maximum Gasteiger partial charge on any atom is 0.416 e. The molecule has 9 nitrogen and oxygen atoms in total. The number of thiophene rings is 1. The fraction of sp³-hybridized carbons (Fsp3) is 0.500. The Balaban J connectivity index is 1.98. The van der Waals surface area contributed by atoms with E-state index in [1.807, 2.05) is 24.4 Å². The zero-order valence-electron chi connectivity index (χ0n) is 21.4. The molecule has 3 heterocycles. The van der Waals surface area contributed by atoms with Crippen LogP contribution in [0.1, 0.15) is 58.9 Å². The van der Waals surface area contributed by atoms with Crippen molar-refractivity contribution in [3.8, 4) is 0 Å². The van der Waals surface area contributed by atoms with E-state index in [0.29, 0.717) is 22.7 Å². The van der Waals surface area contributed by atoms with Gasteiger partial charge in [0, 0.05) is 10.9 Å². The summed E-state index contributed by atoms with van der Waals surface area (Å²) in [6.07, 6.45) is -0.715. The van der Waals surface area contributed by atoms with E-state index >= 15 is 0 Å². The number of carbonyl (C=O) groups excluding carboxylic acids is 2. The highest BCUT2D eigenvalue weighted by molar-refractivity contribution is 7.09. The molecular formula is C24H31Cl2N5O4S. The molecule has 1 atom stereocenters. The molecule has 3 rings (SSSR count). The van der Waals surface area contributed by atoms with Crippen molar-refractivity contribution < 1.29 is 19.1 Å². The Bertz CT molecular complexity index is 1230. The predicted molar refractivity (Wildman–Crippen MR) is 142 cm³/mol. The Hall–Kier alpha value is -2.56. The summed E-state index contributed by atoms with van der Waals surface area (Å²) in [6, 6.07) is 5.31. The highest BCUT2D eigenvalue weighted by Crippen LogP contribution is 2.31. The number of nitrogens with zero attached hydrogens (tertiary/aromatic N) is 4. The van der Waals surface area contributed by atoms with Crippen molar-refractivity contribution in [2.75, 3.05) is 4.90 Å². The zero-order chi connectivity index (χ0) is 26.8. The topological polar surface area (TPSA) is 98.1 Å². The van der Waals surface area contributed by atoms with Gasteiger partial charge in [-0.15, -0.1) is 16.4 Å². The Labute approximate surface area is 224 Å². The first kappa shape index (κ1) is 28.0. The number of ether oxygens (including phenoxy) is 2. The minimum atomic E-state index is -0.717. The van der Waals surface area contributed by atoms with Gasteiger partial charge in [0.15, 0.2) is 5.82 Å². The Kier molecular flexibility index (Phi) is 8.42. The molecule has 0 aromatic carbocycles. The van der Waals surface area contributed by atoms with Gasteiger partial charge in [-0.05, 0) is 89.6 Å². The first-order valence-corrected chi connectivity index (χ1v) is 13.0. The number of nitrogens with one attached hydrogen (secondary N) is 1. The highest BCUT2D eigenvalue weighted by Gasteiger charge is 2.29. The standard InChI is InChI=1S/C24H31Cl2N5O4S/c1-14(27-21(32)34-23(2,3)4)11-15-12-17-19(28-20(26)29-31(17)18(15)25)30(13-16-9-8-10-36-16)22(33)35-24(5,6)7/h8-10,12,14H,11,13H2,1-7H3,(H,27,32)/t14-/m0/s1. The normalized spacial score (nSPS) is 12.9. The molecule has 0 saturated carbocycles. The van der Waals surface area contributed by atoms with Crippen LogP contribution >= 0.6 is 34.5 Å². The molecule has 0 radical (unpaired) electrons. The van der Waals surface area contributed by atoms with Gasteiger partial charge in [-0.2, -0.15) is 4.98 Å². The minimum absolute atomic E-state index is 0.0822. The van der Waals surface area contributed by atoms with Crippen LogP contribution in [0, 0.1) is 0 Å².